The fraction of sp³-hybridized carbons (Fsp3) is 0.722. The van der Waals surface area contributed by atoms with Crippen LogP contribution < -0.4 is 0 Å². The molecule has 3 heteroatoms. The number of carboxylic acid groups (broad SMARTS) is 1. The van der Waals surface area contributed by atoms with Crippen molar-refractivity contribution in [1.29, 1.82) is 0 Å². The number of allylic oxidation sites excluding steroid dienone is 2. The number of epoxide rings is 1. The summed E-state index contributed by atoms with van der Waals surface area (Å²) >= 11 is 0. The van der Waals surface area contributed by atoms with Gasteiger partial charge in [0.15, 0.2) is 0 Å². The lowest BCUT2D eigenvalue weighted by molar-refractivity contribution is -0.131. The first kappa shape index (κ1) is 18.0. The van der Waals surface area contributed by atoms with Crippen molar-refractivity contribution in [3.63, 3.8) is 0 Å². The van der Waals surface area contributed by atoms with Gasteiger partial charge in [-0.05, 0) is 6.42 Å². The molecule has 0 unspecified atom stereocenters. The first-order valence-corrected chi connectivity index (χ1v) is 8.47. The van der Waals surface area contributed by atoms with Crippen molar-refractivity contribution in [3.8, 4) is 0 Å². The van der Waals surface area contributed by atoms with Gasteiger partial charge in [0.1, 0.15) is 6.10 Å². The maximum absolute atomic E-state index is 10.3. The van der Waals surface area contributed by atoms with Crippen LogP contribution in [0, 0.1) is 0 Å². The van der Waals surface area contributed by atoms with Crippen molar-refractivity contribution < 1.29 is 14.6 Å². The number of hydrogen-bond acceptors (Lipinski definition) is 2. The molecule has 0 aromatic rings. The van der Waals surface area contributed by atoms with Gasteiger partial charge in [-0.3, -0.25) is 0 Å². The van der Waals surface area contributed by atoms with E-state index in [1.165, 1.54) is 57.8 Å². The predicted molar refractivity (Wildman–Crippen MR) is 86.4 cm³/mol. The Balaban J connectivity index is 1.86. The van der Waals surface area contributed by atoms with Gasteiger partial charge in [0.25, 0.3) is 0 Å². The molecule has 1 fully saturated rings. The molecule has 0 amide bonds. The molecule has 1 rings (SSSR count). The van der Waals surface area contributed by atoms with Gasteiger partial charge in [0.2, 0.25) is 0 Å². The molecule has 0 aromatic heterocycles. The monoisotopic (exact) mass is 294 g/mol. The number of ether oxygens (including phenoxy) is 1. The molecule has 3 nitrogen and oxygen atoms in total. The van der Waals surface area contributed by atoms with Crippen molar-refractivity contribution in [2.24, 2.45) is 0 Å². The van der Waals surface area contributed by atoms with Crippen LogP contribution in [0.15, 0.2) is 24.3 Å². The Morgan fingerprint density at radius 1 is 1.00 bits per heavy atom. The van der Waals surface area contributed by atoms with E-state index in [1.54, 1.807) is 12.2 Å². The summed E-state index contributed by atoms with van der Waals surface area (Å²) in [5.74, 6) is -0.914. The van der Waals surface area contributed by atoms with Gasteiger partial charge in [-0.25, -0.2) is 4.79 Å². The molecule has 1 heterocycles. The zero-order valence-electron chi connectivity index (χ0n) is 13.3. The molecule has 21 heavy (non-hydrogen) atoms. The summed E-state index contributed by atoms with van der Waals surface area (Å²) in [5.41, 5.74) is 0. The van der Waals surface area contributed by atoms with E-state index in [4.69, 9.17) is 9.84 Å². The van der Waals surface area contributed by atoms with Gasteiger partial charge in [-0.15, -0.1) is 0 Å². The third-order valence-corrected chi connectivity index (χ3v) is 3.86. The van der Waals surface area contributed by atoms with E-state index >= 15 is 0 Å². The van der Waals surface area contributed by atoms with Gasteiger partial charge < -0.3 is 9.84 Å². The largest absolute Gasteiger partial charge is 0.478 e. The summed E-state index contributed by atoms with van der Waals surface area (Å²) < 4.78 is 5.53. The van der Waals surface area contributed by atoms with Crippen molar-refractivity contribution in [1.82, 2.24) is 0 Å². The molecular formula is C18H30O3. The molecule has 0 bridgehead atoms. The third kappa shape index (κ3) is 10.3. The zero-order valence-corrected chi connectivity index (χ0v) is 13.3. The Labute approximate surface area is 129 Å². The van der Waals surface area contributed by atoms with Crippen LogP contribution in [0.3, 0.4) is 0 Å². The van der Waals surface area contributed by atoms with Crippen LogP contribution in [0.5, 0.6) is 0 Å². The molecule has 120 valence electrons. The fourth-order valence-electron chi connectivity index (χ4n) is 2.53. The zero-order chi connectivity index (χ0) is 15.3. The second-order valence-electron chi connectivity index (χ2n) is 5.84. The Hall–Kier alpha value is -1.09. The molecule has 0 radical (unpaired) electrons. The first-order chi connectivity index (χ1) is 10.2. The van der Waals surface area contributed by atoms with Crippen molar-refractivity contribution in [3.05, 3.63) is 24.3 Å². The highest BCUT2D eigenvalue weighted by atomic mass is 16.6. The fourth-order valence-corrected chi connectivity index (χ4v) is 2.53. The van der Waals surface area contributed by atoms with Crippen molar-refractivity contribution in [2.45, 2.75) is 83.3 Å². The van der Waals surface area contributed by atoms with Crippen LogP contribution >= 0.6 is 0 Å². The summed E-state index contributed by atoms with van der Waals surface area (Å²) in [7, 11) is 0. The maximum Gasteiger partial charge on any atom is 0.328 e. The SMILES string of the molecule is CCCCCCCCCCC[C@H]1O[C@H]1C=C/C=C\C(=O)O. The minimum absolute atomic E-state index is 0.206. The van der Waals surface area contributed by atoms with Crippen LogP contribution in [0.2, 0.25) is 0 Å². The number of carbonyl (C=O) groups is 1. The van der Waals surface area contributed by atoms with E-state index in [1.807, 2.05) is 6.08 Å². The summed E-state index contributed by atoms with van der Waals surface area (Å²) in [4.78, 5) is 10.3. The van der Waals surface area contributed by atoms with Crippen LogP contribution in [0.4, 0.5) is 0 Å². The molecule has 2 atom stereocenters. The van der Waals surface area contributed by atoms with E-state index in [-0.39, 0.29) is 6.10 Å². The number of aliphatic carboxylic acids is 1. The summed E-state index contributed by atoms with van der Waals surface area (Å²) in [6.07, 6.45) is 20.2. The summed E-state index contributed by atoms with van der Waals surface area (Å²) in [5, 5.41) is 8.44. The summed E-state index contributed by atoms with van der Waals surface area (Å²) in [6.45, 7) is 2.25. The van der Waals surface area contributed by atoms with Gasteiger partial charge in [-0.2, -0.15) is 0 Å². The number of carboxylic acids is 1. The van der Waals surface area contributed by atoms with E-state index in [9.17, 15) is 4.79 Å². The number of hydrogen-bond donors (Lipinski definition) is 1. The second kappa shape index (κ2) is 11.6. The van der Waals surface area contributed by atoms with Crippen LogP contribution in [0.25, 0.3) is 0 Å². The van der Waals surface area contributed by atoms with E-state index in [2.05, 4.69) is 6.92 Å². The first-order valence-electron chi connectivity index (χ1n) is 8.47. The highest BCUT2D eigenvalue weighted by Gasteiger charge is 2.35. The minimum Gasteiger partial charge on any atom is -0.478 e. The second-order valence-corrected chi connectivity index (χ2v) is 5.84. The van der Waals surface area contributed by atoms with Crippen LogP contribution in [0.1, 0.15) is 71.1 Å². The van der Waals surface area contributed by atoms with Crippen molar-refractivity contribution >= 4 is 5.97 Å². The van der Waals surface area contributed by atoms with E-state index < -0.39 is 5.97 Å². The standard InChI is InChI=1S/C18H30O3/c1-2-3-4-5-6-7-8-9-10-13-16-17(21-16)14-11-12-15-18(19)20/h11-12,14-17H,2-10,13H2,1H3,(H,19,20)/b14-11?,15-12-/t16-,17+/m1/s1. The minimum atomic E-state index is -0.914. The smallest absolute Gasteiger partial charge is 0.328 e. The Morgan fingerprint density at radius 2 is 1.62 bits per heavy atom. The molecule has 0 aromatic carbocycles. The third-order valence-electron chi connectivity index (χ3n) is 3.86. The number of unbranched alkanes of at least 4 members (excludes halogenated alkanes) is 8. The van der Waals surface area contributed by atoms with E-state index in [0.29, 0.717) is 6.10 Å². The predicted octanol–water partition coefficient (Wildman–Crippen LogP) is 4.87. The van der Waals surface area contributed by atoms with Gasteiger partial charge in [0.05, 0.1) is 6.10 Å². The molecule has 1 saturated heterocycles. The summed E-state index contributed by atoms with van der Waals surface area (Å²) in [6, 6.07) is 0. The van der Waals surface area contributed by atoms with Crippen molar-refractivity contribution in [2.75, 3.05) is 0 Å². The molecule has 0 spiro atoms. The lowest BCUT2D eigenvalue weighted by atomic mass is 10.1. The normalized spacial score (nSPS) is 21.4. The van der Waals surface area contributed by atoms with Gasteiger partial charge >= 0.3 is 5.97 Å². The lowest BCUT2D eigenvalue weighted by Crippen LogP contribution is -1.91. The molecule has 0 aliphatic carbocycles. The molecule has 1 N–H and O–H groups in total. The topological polar surface area (TPSA) is 49.8 Å². The highest BCUT2D eigenvalue weighted by Crippen LogP contribution is 2.28. The van der Waals surface area contributed by atoms with Crippen LogP contribution in [-0.2, 0) is 9.53 Å². The average Bonchev–Trinajstić information content (AvgIpc) is 3.20. The van der Waals surface area contributed by atoms with Gasteiger partial charge in [0, 0.05) is 6.08 Å². The molecular weight excluding hydrogens is 264 g/mol. The van der Waals surface area contributed by atoms with Gasteiger partial charge in [-0.1, -0.05) is 82.9 Å². The highest BCUT2D eigenvalue weighted by molar-refractivity contribution is 5.80. The quantitative estimate of drug-likeness (QED) is 0.228. The Kier molecular flexibility index (Phi) is 9.88. The molecule has 1 aliphatic rings. The lowest BCUT2D eigenvalue weighted by Gasteiger charge is -2.00. The van der Waals surface area contributed by atoms with E-state index in [0.717, 1.165) is 12.5 Å². The molecule has 1 aliphatic heterocycles. The Morgan fingerprint density at radius 3 is 2.24 bits per heavy atom. The Bertz CT molecular complexity index is 333. The molecule has 0 saturated carbocycles. The van der Waals surface area contributed by atoms with Crippen LogP contribution in [-0.4, -0.2) is 23.3 Å². The average molecular weight is 294 g/mol. The number of rotatable bonds is 13. The maximum atomic E-state index is 10.3.